The largest absolute Gasteiger partial charge is 0.417 e. The Kier molecular flexibility index (Phi) is 12.2. The number of amides is 1. The molecule has 2 aromatic rings. The lowest BCUT2D eigenvalue weighted by molar-refractivity contribution is -0.137. The number of nitrogens with zero attached hydrogens (tertiary/aromatic N) is 3. The van der Waals surface area contributed by atoms with E-state index in [0.717, 1.165) is 57.5 Å². The topological polar surface area (TPSA) is 66.9 Å². The zero-order valence-electron chi connectivity index (χ0n) is 24.9. The van der Waals surface area contributed by atoms with Gasteiger partial charge in [0.2, 0.25) is 5.91 Å². The second kappa shape index (κ2) is 15.8. The molecule has 3 heterocycles. The van der Waals surface area contributed by atoms with Gasteiger partial charge in [-0.3, -0.25) is 9.78 Å². The summed E-state index contributed by atoms with van der Waals surface area (Å²) in [5.41, 5.74) is 1.72. The molecule has 42 heavy (non-hydrogen) atoms. The maximum absolute atomic E-state index is 13.2. The van der Waals surface area contributed by atoms with Crippen molar-refractivity contribution in [2.75, 3.05) is 47.0 Å². The van der Waals surface area contributed by atoms with E-state index in [1.54, 1.807) is 12.0 Å². The van der Waals surface area contributed by atoms with Gasteiger partial charge in [-0.15, -0.1) is 0 Å². The first-order valence-electron chi connectivity index (χ1n) is 15.1. The van der Waals surface area contributed by atoms with Gasteiger partial charge in [0.1, 0.15) is 0 Å². The number of methoxy groups -OCH3 is 1. The highest BCUT2D eigenvalue weighted by atomic mass is 19.4. The summed E-state index contributed by atoms with van der Waals surface area (Å²) in [5.74, 6) is -0.0295. The quantitative estimate of drug-likeness (QED) is 0.339. The summed E-state index contributed by atoms with van der Waals surface area (Å²) < 4.78 is 50.9. The number of halogens is 3. The number of nitrogens with one attached hydrogen (secondary N) is 1. The van der Waals surface area contributed by atoms with E-state index < -0.39 is 11.7 Å². The van der Waals surface area contributed by atoms with Crippen LogP contribution in [0, 0.1) is 0 Å². The molecule has 3 atom stereocenters. The zero-order chi connectivity index (χ0) is 30.0. The highest BCUT2D eigenvalue weighted by Gasteiger charge is 2.33. The number of ether oxygens (including phenoxy) is 2. The third-order valence-electron chi connectivity index (χ3n) is 8.42. The Morgan fingerprint density at radius 3 is 2.76 bits per heavy atom. The fourth-order valence-corrected chi connectivity index (χ4v) is 5.92. The van der Waals surface area contributed by atoms with Gasteiger partial charge in [0.15, 0.2) is 0 Å². The first-order valence-corrected chi connectivity index (χ1v) is 15.1. The van der Waals surface area contributed by atoms with Crippen molar-refractivity contribution in [3.8, 4) is 0 Å². The SMILES string of the molecule is COC1COCCC1N[C@@H](CCCN(C)CCCc1ccccc1)CCC(=O)N1CCc2ncc(C(F)(F)F)cc2C1. The molecule has 0 saturated carbocycles. The molecular weight excluding hydrogens is 545 g/mol. The van der Waals surface area contributed by atoms with Gasteiger partial charge in [-0.25, -0.2) is 0 Å². The lowest BCUT2D eigenvalue weighted by atomic mass is 9.99. The molecular formula is C32H45F3N4O3. The Balaban J connectivity index is 1.28. The number of carbonyl (C=O) groups is 1. The number of hydrogen-bond acceptors (Lipinski definition) is 6. The Labute approximate surface area is 247 Å². The third kappa shape index (κ3) is 9.76. The third-order valence-corrected chi connectivity index (χ3v) is 8.42. The number of carbonyl (C=O) groups excluding carboxylic acids is 1. The fraction of sp³-hybridized carbons (Fsp3) is 0.625. The molecule has 0 spiro atoms. The van der Waals surface area contributed by atoms with E-state index in [1.165, 1.54) is 5.56 Å². The average Bonchev–Trinajstić information content (AvgIpc) is 2.99. The highest BCUT2D eigenvalue weighted by Crippen LogP contribution is 2.31. The van der Waals surface area contributed by atoms with E-state index in [4.69, 9.17) is 9.47 Å². The number of fused-ring (bicyclic) bond motifs is 1. The van der Waals surface area contributed by atoms with Crippen molar-refractivity contribution in [1.29, 1.82) is 0 Å². The molecule has 10 heteroatoms. The standard InChI is InChI=1S/C32H45F3N4O3/c1-38(16-6-10-24-8-4-3-5-9-24)17-7-11-27(37-29-15-19-42-23-30(29)41-2)12-13-31(40)39-18-14-28-25(22-39)20-26(21-36-28)32(33,34)35/h3-5,8-9,20-21,27,29-30,37H,6-7,10-19,22-23H2,1-2H3/t27-,29?,30?/m0/s1. The number of hydrogen-bond donors (Lipinski definition) is 1. The monoisotopic (exact) mass is 590 g/mol. The molecule has 0 radical (unpaired) electrons. The lowest BCUT2D eigenvalue weighted by Crippen LogP contribution is -2.51. The molecule has 0 bridgehead atoms. The van der Waals surface area contributed by atoms with Crippen LogP contribution < -0.4 is 5.32 Å². The van der Waals surface area contributed by atoms with Crippen LogP contribution in [0.25, 0.3) is 0 Å². The molecule has 7 nitrogen and oxygen atoms in total. The minimum absolute atomic E-state index is 0.0295. The van der Waals surface area contributed by atoms with Crippen LogP contribution >= 0.6 is 0 Å². The molecule has 1 saturated heterocycles. The van der Waals surface area contributed by atoms with Gasteiger partial charge in [-0.1, -0.05) is 30.3 Å². The molecule has 232 valence electrons. The van der Waals surface area contributed by atoms with Crippen molar-refractivity contribution in [3.63, 3.8) is 0 Å². The first kappa shape index (κ1) is 32.4. The molecule has 2 unspecified atom stereocenters. The van der Waals surface area contributed by atoms with Crippen LogP contribution in [0.3, 0.4) is 0 Å². The summed E-state index contributed by atoms with van der Waals surface area (Å²) in [4.78, 5) is 21.3. The molecule has 1 N–H and O–H groups in total. The van der Waals surface area contributed by atoms with Crippen molar-refractivity contribution >= 4 is 5.91 Å². The highest BCUT2D eigenvalue weighted by molar-refractivity contribution is 5.76. The summed E-state index contributed by atoms with van der Waals surface area (Å²) in [5, 5.41) is 3.76. The van der Waals surface area contributed by atoms with Crippen molar-refractivity contribution in [3.05, 3.63) is 65.0 Å². The summed E-state index contributed by atoms with van der Waals surface area (Å²) >= 11 is 0. The van der Waals surface area contributed by atoms with Gasteiger partial charge < -0.3 is 24.6 Å². The van der Waals surface area contributed by atoms with Crippen molar-refractivity contribution in [1.82, 2.24) is 20.1 Å². The fourth-order valence-electron chi connectivity index (χ4n) is 5.92. The van der Waals surface area contributed by atoms with Gasteiger partial charge in [0.25, 0.3) is 0 Å². The Bertz CT molecular complexity index is 1120. The van der Waals surface area contributed by atoms with Crippen LogP contribution in [0.2, 0.25) is 0 Å². The van der Waals surface area contributed by atoms with Crippen molar-refractivity contribution in [2.45, 2.75) is 82.3 Å². The Morgan fingerprint density at radius 2 is 2.00 bits per heavy atom. The van der Waals surface area contributed by atoms with Crippen LogP contribution in [0.5, 0.6) is 0 Å². The normalized spacial score (nSPS) is 20.0. The zero-order valence-corrected chi connectivity index (χ0v) is 24.9. The lowest BCUT2D eigenvalue weighted by Gasteiger charge is -2.35. The van der Waals surface area contributed by atoms with Crippen LogP contribution in [-0.4, -0.2) is 85.9 Å². The number of benzene rings is 1. The number of alkyl halides is 3. The van der Waals surface area contributed by atoms with E-state index in [1.807, 2.05) is 6.07 Å². The van der Waals surface area contributed by atoms with Crippen LogP contribution in [0.4, 0.5) is 13.2 Å². The summed E-state index contributed by atoms with van der Waals surface area (Å²) in [7, 11) is 3.86. The summed E-state index contributed by atoms with van der Waals surface area (Å²) in [6.07, 6.45) is 2.80. The van der Waals surface area contributed by atoms with Gasteiger partial charge in [-0.05, 0) is 75.9 Å². The number of aromatic nitrogens is 1. The maximum atomic E-state index is 13.2. The number of aryl methyl sites for hydroxylation is 1. The smallest absolute Gasteiger partial charge is 0.379 e. The van der Waals surface area contributed by atoms with Crippen LogP contribution in [0.1, 0.15) is 60.9 Å². The van der Waals surface area contributed by atoms with E-state index in [9.17, 15) is 18.0 Å². The van der Waals surface area contributed by atoms with E-state index >= 15 is 0 Å². The molecule has 4 rings (SSSR count). The summed E-state index contributed by atoms with van der Waals surface area (Å²) in [6, 6.07) is 11.9. The predicted octanol–water partition coefficient (Wildman–Crippen LogP) is 4.87. The minimum atomic E-state index is -4.45. The van der Waals surface area contributed by atoms with Gasteiger partial charge >= 0.3 is 6.18 Å². The molecule has 1 aromatic carbocycles. The first-order chi connectivity index (χ1) is 20.2. The second-order valence-electron chi connectivity index (χ2n) is 11.6. The maximum Gasteiger partial charge on any atom is 0.417 e. The van der Waals surface area contributed by atoms with E-state index in [2.05, 4.69) is 46.5 Å². The van der Waals surface area contributed by atoms with Gasteiger partial charge in [-0.2, -0.15) is 13.2 Å². The molecule has 1 fully saturated rings. The molecule has 2 aliphatic heterocycles. The Morgan fingerprint density at radius 1 is 1.21 bits per heavy atom. The molecule has 1 amide bonds. The summed E-state index contributed by atoms with van der Waals surface area (Å²) in [6.45, 7) is 3.86. The molecule has 2 aliphatic rings. The van der Waals surface area contributed by atoms with Crippen LogP contribution in [0.15, 0.2) is 42.6 Å². The Hall–Kier alpha value is -2.53. The van der Waals surface area contributed by atoms with E-state index in [-0.39, 0.29) is 30.6 Å². The van der Waals surface area contributed by atoms with Crippen molar-refractivity contribution < 1.29 is 27.4 Å². The van der Waals surface area contributed by atoms with Crippen molar-refractivity contribution in [2.24, 2.45) is 0 Å². The average molecular weight is 591 g/mol. The number of pyridine rings is 1. The van der Waals surface area contributed by atoms with Gasteiger partial charge in [0.05, 0.1) is 18.3 Å². The van der Waals surface area contributed by atoms with Crippen LogP contribution in [-0.2, 0) is 39.8 Å². The minimum Gasteiger partial charge on any atom is -0.379 e. The van der Waals surface area contributed by atoms with Gasteiger partial charge in [0, 0.05) is 63.6 Å². The predicted molar refractivity (Wildman–Crippen MR) is 156 cm³/mol. The van der Waals surface area contributed by atoms with E-state index in [0.29, 0.717) is 50.3 Å². The molecule has 1 aromatic heterocycles. The second-order valence-corrected chi connectivity index (χ2v) is 11.6. The molecule has 0 aliphatic carbocycles. The number of rotatable bonds is 14.